The summed E-state index contributed by atoms with van der Waals surface area (Å²) in [5.74, 6) is -0.695. The van der Waals surface area contributed by atoms with Gasteiger partial charge in [-0.05, 0) is 13.8 Å². The Morgan fingerprint density at radius 2 is 1.58 bits per heavy atom. The molecule has 1 aliphatic rings. The number of hydrogen-bond acceptors (Lipinski definition) is 4. The van der Waals surface area contributed by atoms with Gasteiger partial charge in [0.1, 0.15) is 0 Å². The highest BCUT2D eigenvalue weighted by Crippen LogP contribution is 2.25. The average Bonchev–Trinajstić information content (AvgIpc) is 2.01. The second-order valence-electron chi connectivity index (χ2n) is 3.48. The lowest BCUT2D eigenvalue weighted by Crippen LogP contribution is -2.47. The zero-order chi connectivity index (χ0) is 9.19. The summed E-state index contributed by atoms with van der Waals surface area (Å²) in [5, 5.41) is 17.7. The molecule has 1 fully saturated rings. The first kappa shape index (κ1) is 9.92. The summed E-state index contributed by atoms with van der Waals surface area (Å²) in [5.41, 5.74) is 0. The molecule has 0 unspecified atom stereocenters. The van der Waals surface area contributed by atoms with Crippen LogP contribution in [-0.2, 0) is 9.47 Å². The third kappa shape index (κ3) is 2.42. The van der Waals surface area contributed by atoms with E-state index >= 15 is 0 Å². The molecule has 1 heterocycles. The van der Waals surface area contributed by atoms with Crippen LogP contribution in [0.1, 0.15) is 20.3 Å². The molecule has 0 aromatic carbocycles. The zero-order valence-electron chi connectivity index (χ0n) is 7.49. The van der Waals surface area contributed by atoms with Crippen molar-refractivity contribution in [2.24, 2.45) is 0 Å². The van der Waals surface area contributed by atoms with Gasteiger partial charge in [0, 0.05) is 6.42 Å². The predicted octanol–water partition coefficient (Wildman–Crippen LogP) is -0.119. The molecule has 4 nitrogen and oxygen atoms in total. The first-order valence-electron chi connectivity index (χ1n) is 4.15. The van der Waals surface area contributed by atoms with Crippen LogP contribution in [0.2, 0.25) is 0 Å². The molecule has 0 spiro atoms. The van der Waals surface area contributed by atoms with Crippen LogP contribution >= 0.6 is 0 Å². The summed E-state index contributed by atoms with van der Waals surface area (Å²) in [4.78, 5) is 0. The van der Waals surface area contributed by atoms with Gasteiger partial charge in [0.15, 0.2) is 5.79 Å². The molecule has 0 aliphatic carbocycles. The number of hydrogen-bond donors (Lipinski definition) is 2. The van der Waals surface area contributed by atoms with Gasteiger partial charge in [0.05, 0.1) is 25.4 Å². The first-order chi connectivity index (χ1) is 5.57. The minimum atomic E-state index is -0.695. The van der Waals surface area contributed by atoms with E-state index in [0.717, 1.165) is 0 Å². The van der Waals surface area contributed by atoms with Gasteiger partial charge in [-0.2, -0.15) is 0 Å². The monoisotopic (exact) mass is 176 g/mol. The van der Waals surface area contributed by atoms with E-state index < -0.39 is 5.79 Å². The van der Waals surface area contributed by atoms with Crippen molar-refractivity contribution in [3.63, 3.8) is 0 Å². The maximum atomic E-state index is 8.87. The van der Waals surface area contributed by atoms with Gasteiger partial charge < -0.3 is 19.7 Å². The fourth-order valence-electron chi connectivity index (χ4n) is 1.44. The van der Waals surface area contributed by atoms with E-state index in [9.17, 15) is 0 Å². The molecule has 0 aromatic rings. The Morgan fingerprint density at radius 1 is 1.17 bits per heavy atom. The zero-order valence-corrected chi connectivity index (χ0v) is 7.49. The maximum Gasteiger partial charge on any atom is 0.163 e. The second-order valence-corrected chi connectivity index (χ2v) is 3.48. The highest BCUT2D eigenvalue weighted by molar-refractivity contribution is 4.75. The molecule has 1 aliphatic heterocycles. The van der Waals surface area contributed by atoms with Gasteiger partial charge in [-0.1, -0.05) is 0 Å². The smallest absolute Gasteiger partial charge is 0.163 e. The molecule has 0 amide bonds. The summed E-state index contributed by atoms with van der Waals surface area (Å²) in [6.07, 6.45) is 0.118. The Morgan fingerprint density at radius 3 is 1.92 bits per heavy atom. The minimum Gasteiger partial charge on any atom is -0.394 e. The van der Waals surface area contributed by atoms with Gasteiger partial charge in [-0.3, -0.25) is 0 Å². The van der Waals surface area contributed by atoms with Crippen LogP contribution < -0.4 is 0 Å². The highest BCUT2D eigenvalue weighted by Gasteiger charge is 2.34. The molecule has 0 aromatic heterocycles. The van der Waals surface area contributed by atoms with E-state index in [1.165, 1.54) is 0 Å². The van der Waals surface area contributed by atoms with E-state index in [1.54, 1.807) is 13.8 Å². The average molecular weight is 176 g/mol. The standard InChI is InChI=1S/C8H16O4/c1-8(2)11-6(4-9)3-7(5-10)12-8/h6-7,9-10H,3-5H2,1-2H3/t6-,7+. The SMILES string of the molecule is CC1(C)O[C@H](CO)C[C@H](CO)O1. The Hall–Kier alpha value is -0.160. The van der Waals surface area contributed by atoms with E-state index in [4.69, 9.17) is 19.7 Å². The molecular weight excluding hydrogens is 160 g/mol. The lowest BCUT2D eigenvalue weighted by molar-refractivity contribution is -0.307. The molecule has 1 rings (SSSR count). The van der Waals surface area contributed by atoms with Crippen LogP contribution in [0.15, 0.2) is 0 Å². The third-order valence-electron chi connectivity index (χ3n) is 1.83. The van der Waals surface area contributed by atoms with Crippen molar-refractivity contribution in [2.75, 3.05) is 13.2 Å². The number of ether oxygens (including phenoxy) is 2. The summed E-state index contributed by atoms with van der Waals surface area (Å²) < 4.78 is 10.7. The van der Waals surface area contributed by atoms with Crippen molar-refractivity contribution in [3.05, 3.63) is 0 Å². The first-order valence-corrected chi connectivity index (χ1v) is 4.15. The summed E-state index contributed by atoms with van der Waals surface area (Å²) in [6, 6.07) is 0. The van der Waals surface area contributed by atoms with Gasteiger partial charge in [-0.25, -0.2) is 0 Å². The van der Waals surface area contributed by atoms with Crippen molar-refractivity contribution in [1.29, 1.82) is 0 Å². The molecule has 2 N–H and O–H groups in total. The van der Waals surface area contributed by atoms with Gasteiger partial charge in [0.2, 0.25) is 0 Å². The molecule has 1 saturated heterocycles. The molecule has 12 heavy (non-hydrogen) atoms. The Bertz CT molecular complexity index is 132. The third-order valence-corrected chi connectivity index (χ3v) is 1.83. The molecule has 0 saturated carbocycles. The Kier molecular flexibility index (Phi) is 3.06. The minimum absolute atomic E-state index is 0.0245. The largest absolute Gasteiger partial charge is 0.394 e. The van der Waals surface area contributed by atoms with Crippen molar-refractivity contribution >= 4 is 0 Å². The van der Waals surface area contributed by atoms with E-state index in [2.05, 4.69) is 0 Å². The van der Waals surface area contributed by atoms with E-state index in [0.29, 0.717) is 6.42 Å². The van der Waals surface area contributed by atoms with Crippen LogP contribution in [0, 0.1) is 0 Å². The van der Waals surface area contributed by atoms with Crippen LogP contribution in [0.3, 0.4) is 0 Å². The maximum absolute atomic E-state index is 8.87. The van der Waals surface area contributed by atoms with Crippen LogP contribution in [-0.4, -0.2) is 41.4 Å². The summed E-state index contributed by atoms with van der Waals surface area (Å²) >= 11 is 0. The topological polar surface area (TPSA) is 58.9 Å². The fourth-order valence-corrected chi connectivity index (χ4v) is 1.44. The van der Waals surface area contributed by atoms with Crippen molar-refractivity contribution < 1.29 is 19.7 Å². The number of aliphatic hydroxyl groups excluding tert-OH is 2. The second kappa shape index (κ2) is 3.70. The summed E-state index contributed by atoms with van der Waals surface area (Å²) in [7, 11) is 0. The van der Waals surface area contributed by atoms with Crippen LogP contribution in [0.4, 0.5) is 0 Å². The lowest BCUT2D eigenvalue weighted by Gasteiger charge is -2.39. The molecule has 72 valence electrons. The summed E-state index contributed by atoms with van der Waals surface area (Å²) in [6.45, 7) is 3.50. The van der Waals surface area contributed by atoms with Crippen molar-refractivity contribution in [3.8, 4) is 0 Å². The van der Waals surface area contributed by atoms with Crippen molar-refractivity contribution in [2.45, 2.75) is 38.3 Å². The van der Waals surface area contributed by atoms with Gasteiger partial charge in [0.25, 0.3) is 0 Å². The van der Waals surface area contributed by atoms with Crippen molar-refractivity contribution in [1.82, 2.24) is 0 Å². The normalized spacial score (nSPS) is 35.0. The van der Waals surface area contributed by atoms with Gasteiger partial charge in [-0.15, -0.1) is 0 Å². The Labute approximate surface area is 72.1 Å². The Balaban J connectivity index is 2.53. The lowest BCUT2D eigenvalue weighted by atomic mass is 10.1. The highest BCUT2D eigenvalue weighted by atomic mass is 16.7. The molecule has 0 radical (unpaired) electrons. The molecule has 2 atom stereocenters. The van der Waals surface area contributed by atoms with Crippen LogP contribution in [0.5, 0.6) is 0 Å². The number of aliphatic hydroxyl groups is 2. The van der Waals surface area contributed by atoms with E-state index in [1.807, 2.05) is 0 Å². The van der Waals surface area contributed by atoms with E-state index in [-0.39, 0.29) is 25.4 Å². The predicted molar refractivity (Wildman–Crippen MR) is 42.6 cm³/mol. The molecule has 0 bridgehead atoms. The quantitative estimate of drug-likeness (QED) is 0.616. The molecular formula is C8H16O4. The fraction of sp³-hybridized carbons (Fsp3) is 1.00. The van der Waals surface area contributed by atoms with Gasteiger partial charge >= 0.3 is 0 Å². The van der Waals surface area contributed by atoms with Crippen LogP contribution in [0.25, 0.3) is 0 Å². The molecule has 4 heteroatoms. The number of rotatable bonds is 2.